The number of rotatable bonds is 4. The van der Waals surface area contributed by atoms with E-state index >= 15 is 0 Å². The summed E-state index contributed by atoms with van der Waals surface area (Å²) in [6.07, 6.45) is 8.46. The van der Waals surface area contributed by atoms with Gasteiger partial charge in [0.25, 0.3) is 5.69 Å². The molecule has 2 heterocycles. The number of nitro groups is 1. The first-order valence-electron chi connectivity index (χ1n) is 10.8. The molecule has 0 amide bonds. The van der Waals surface area contributed by atoms with E-state index in [-0.39, 0.29) is 5.69 Å². The predicted molar refractivity (Wildman–Crippen MR) is 131 cm³/mol. The van der Waals surface area contributed by atoms with Crippen molar-refractivity contribution >= 4 is 23.5 Å². The summed E-state index contributed by atoms with van der Waals surface area (Å²) in [4.78, 5) is 14.6. The highest BCUT2D eigenvalue weighted by molar-refractivity contribution is 5.70. The standard InChI is InChI=1S/C19H24N3.C7H7NO2/c1-20-11-9-18(10-12-20)4-3-17-5-7-19(8-6-17)22-15-13-21(2)14-16-22;1-6-3-2-4-7(5-6)8(9)10/h3-12H,13-16H2,1-2H3;2-5H,1H3/q+1;. The van der Waals surface area contributed by atoms with Gasteiger partial charge in [-0.05, 0) is 42.8 Å². The number of nitro benzene ring substituents is 1. The van der Waals surface area contributed by atoms with Gasteiger partial charge in [-0.15, -0.1) is 0 Å². The van der Waals surface area contributed by atoms with E-state index in [0.29, 0.717) is 0 Å². The Kier molecular flexibility index (Phi) is 8.11. The fraction of sp³-hybridized carbons (Fsp3) is 0.269. The molecule has 166 valence electrons. The summed E-state index contributed by atoms with van der Waals surface area (Å²) in [5.41, 5.74) is 4.86. The molecule has 0 aliphatic carbocycles. The van der Waals surface area contributed by atoms with Gasteiger partial charge in [0.1, 0.15) is 7.05 Å². The third kappa shape index (κ3) is 7.03. The first kappa shape index (κ1) is 23.2. The Balaban J connectivity index is 0.000000243. The number of aryl methyl sites for hydroxylation is 2. The van der Waals surface area contributed by atoms with Gasteiger partial charge in [-0.1, -0.05) is 36.4 Å². The molecule has 1 saturated heterocycles. The number of hydrogen-bond donors (Lipinski definition) is 0. The fourth-order valence-corrected chi connectivity index (χ4v) is 3.42. The second-order valence-electron chi connectivity index (χ2n) is 8.11. The normalized spacial score (nSPS) is 14.2. The molecule has 0 unspecified atom stereocenters. The zero-order valence-electron chi connectivity index (χ0n) is 19.0. The van der Waals surface area contributed by atoms with Crippen molar-refractivity contribution in [2.24, 2.45) is 7.05 Å². The molecule has 0 spiro atoms. The van der Waals surface area contributed by atoms with Gasteiger partial charge in [-0.25, -0.2) is 4.57 Å². The number of piperazine rings is 1. The van der Waals surface area contributed by atoms with Gasteiger partial charge in [0.15, 0.2) is 12.4 Å². The molecule has 1 aromatic heterocycles. The van der Waals surface area contributed by atoms with Crippen LogP contribution >= 0.6 is 0 Å². The summed E-state index contributed by atoms with van der Waals surface area (Å²) in [6.45, 7) is 6.35. The smallest absolute Gasteiger partial charge is 0.269 e. The zero-order valence-corrected chi connectivity index (χ0v) is 19.0. The lowest BCUT2D eigenvalue weighted by atomic mass is 10.1. The van der Waals surface area contributed by atoms with E-state index in [0.717, 1.165) is 31.7 Å². The number of benzene rings is 2. The lowest BCUT2D eigenvalue weighted by Crippen LogP contribution is -2.44. The Morgan fingerprint density at radius 1 is 0.906 bits per heavy atom. The molecule has 2 aromatic carbocycles. The Morgan fingerprint density at radius 2 is 1.50 bits per heavy atom. The van der Waals surface area contributed by atoms with Gasteiger partial charge in [-0.2, -0.15) is 0 Å². The number of aromatic nitrogens is 1. The van der Waals surface area contributed by atoms with Crippen molar-refractivity contribution < 1.29 is 9.49 Å². The SMILES string of the molecule is CN1CCN(c2ccc(/C=C/c3cc[n+](C)cc3)cc2)CC1.Cc1cccc([N+](=O)[O-])c1. The van der Waals surface area contributed by atoms with Gasteiger partial charge in [0, 0.05) is 56.1 Å². The lowest BCUT2D eigenvalue weighted by Gasteiger charge is -2.34. The van der Waals surface area contributed by atoms with Crippen LogP contribution in [0, 0.1) is 17.0 Å². The maximum absolute atomic E-state index is 10.2. The van der Waals surface area contributed by atoms with E-state index in [9.17, 15) is 10.1 Å². The van der Waals surface area contributed by atoms with Crippen molar-refractivity contribution in [3.63, 3.8) is 0 Å². The van der Waals surface area contributed by atoms with E-state index < -0.39 is 4.92 Å². The number of non-ortho nitro benzene ring substituents is 1. The zero-order chi connectivity index (χ0) is 22.9. The highest BCUT2D eigenvalue weighted by Crippen LogP contribution is 2.18. The van der Waals surface area contributed by atoms with E-state index in [1.165, 1.54) is 22.9 Å². The van der Waals surface area contributed by atoms with E-state index in [2.05, 4.69) is 77.8 Å². The molecule has 6 heteroatoms. The molecular formula is C26H31N4O2+. The predicted octanol–water partition coefficient (Wildman–Crippen LogP) is 4.34. The van der Waals surface area contributed by atoms with Crippen molar-refractivity contribution in [1.29, 1.82) is 0 Å². The van der Waals surface area contributed by atoms with Crippen molar-refractivity contribution in [1.82, 2.24) is 4.90 Å². The number of hydrogen-bond acceptors (Lipinski definition) is 4. The highest BCUT2D eigenvalue weighted by atomic mass is 16.6. The Labute approximate surface area is 190 Å². The molecule has 32 heavy (non-hydrogen) atoms. The third-order valence-electron chi connectivity index (χ3n) is 5.45. The number of pyridine rings is 1. The van der Waals surface area contributed by atoms with Crippen LogP contribution in [0.25, 0.3) is 12.2 Å². The minimum absolute atomic E-state index is 0.153. The van der Waals surface area contributed by atoms with Crippen molar-refractivity contribution in [2.45, 2.75) is 6.92 Å². The number of anilines is 1. The van der Waals surface area contributed by atoms with Crippen molar-refractivity contribution in [2.75, 3.05) is 38.1 Å². The van der Waals surface area contributed by atoms with Crippen LogP contribution in [0.4, 0.5) is 11.4 Å². The van der Waals surface area contributed by atoms with Gasteiger partial charge in [0.2, 0.25) is 0 Å². The molecule has 0 radical (unpaired) electrons. The largest absolute Gasteiger partial charge is 0.369 e. The second-order valence-corrected chi connectivity index (χ2v) is 8.11. The van der Waals surface area contributed by atoms with E-state index in [1.807, 2.05) is 24.6 Å². The molecule has 4 rings (SSSR count). The first-order chi connectivity index (χ1) is 15.4. The average Bonchev–Trinajstić information content (AvgIpc) is 2.80. The maximum Gasteiger partial charge on any atom is 0.269 e. The van der Waals surface area contributed by atoms with E-state index in [1.54, 1.807) is 12.1 Å². The van der Waals surface area contributed by atoms with Gasteiger partial charge >= 0.3 is 0 Å². The minimum atomic E-state index is -0.396. The van der Waals surface area contributed by atoms with Gasteiger partial charge in [0.05, 0.1) is 4.92 Å². The topological polar surface area (TPSA) is 53.5 Å². The van der Waals surface area contributed by atoms with Crippen LogP contribution in [-0.4, -0.2) is 43.0 Å². The summed E-state index contributed by atoms with van der Waals surface area (Å²) >= 11 is 0. The molecular weight excluding hydrogens is 400 g/mol. The molecule has 1 fully saturated rings. The molecule has 0 atom stereocenters. The minimum Gasteiger partial charge on any atom is -0.369 e. The quantitative estimate of drug-likeness (QED) is 0.350. The van der Waals surface area contributed by atoms with Crippen molar-refractivity contribution in [3.8, 4) is 0 Å². The van der Waals surface area contributed by atoms with Crippen molar-refractivity contribution in [3.05, 3.63) is 99.9 Å². The molecule has 3 aromatic rings. The summed E-state index contributed by atoms with van der Waals surface area (Å²) in [5.74, 6) is 0. The van der Waals surface area contributed by atoms with Crippen LogP contribution in [0.3, 0.4) is 0 Å². The Hall–Kier alpha value is -3.51. The molecule has 0 N–H and O–H groups in total. The van der Waals surface area contributed by atoms with Gasteiger partial charge in [-0.3, -0.25) is 10.1 Å². The summed E-state index contributed by atoms with van der Waals surface area (Å²) in [5, 5.41) is 10.2. The Morgan fingerprint density at radius 3 is 2.03 bits per heavy atom. The van der Waals surface area contributed by atoms with Crippen LogP contribution in [-0.2, 0) is 7.05 Å². The van der Waals surface area contributed by atoms with Crippen LogP contribution in [0.1, 0.15) is 16.7 Å². The highest BCUT2D eigenvalue weighted by Gasteiger charge is 2.13. The number of likely N-dealkylation sites (N-methyl/N-ethyl adjacent to an activating group) is 1. The summed E-state index contributed by atoms with van der Waals surface area (Å²) in [7, 11) is 4.22. The fourth-order valence-electron chi connectivity index (χ4n) is 3.42. The van der Waals surface area contributed by atoms with Crippen LogP contribution in [0.2, 0.25) is 0 Å². The molecule has 1 aliphatic rings. The average molecular weight is 432 g/mol. The molecule has 0 saturated carbocycles. The lowest BCUT2D eigenvalue weighted by molar-refractivity contribution is -0.671. The van der Waals surface area contributed by atoms with Crippen LogP contribution in [0.5, 0.6) is 0 Å². The number of nitrogens with zero attached hydrogens (tertiary/aromatic N) is 4. The monoisotopic (exact) mass is 431 g/mol. The maximum atomic E-state index is 10.2. The first-order valence-corrected chi connectivity index (χ1v) is 10.8. The second kappa shape index (κ2) is 11.2. The summed E-state index contributed by atoms with van der Waals surface area (Å²) < 4.78 is 2.04. The third-order valence-corrected chi connectivity index (χ3v) is 5.45. The molecule has 0 bridgehead atoms. The van der Waals surface area contributed by atoms with Crippen LogP contribution in [0.15, 0.2) is 73.1 Å². The molecule has 6 nitrogen and oxygen atoms in total. The summed E-state index contributed by atoms with van der Waals surface area (Å²) in [6, 6.07) is 19.6. The molecule has 1 aliphatic heterocycles. The van der Waals surface area contributed by atoms with Crippen LogP contribution < -0.4 is 9.47 Å². The van der Waals surface area contributed by atoms with E-state index in [4.69, 9.17) is 0 Å². The Bertz CT molecular complexity index is 1040. The van der Waals surface area contributed by atoms with Gasteiger partial charge < -0.3 is 9.80 Å².